The zero-order valence-electron chi connectivity index (χ0n) is 12.7. The first-order valence-electron chi connectivity index (χ1n) is 7.64. The molecule has 0 bridgehead atoms. The average molecular weight is 340 g/mol. The van der Waals surface area contributed by atoms with E-state index in [0.29, 0.717) is 12.8 Å². The Bertz CT molecular complexity index is 696. The van der Waals surface area contributed by atoms with Crippen molar-refractivity contribution in [1.82, 2.24) is 9.80 Å². The van der Waals surface area contributed by atoms with Gasteiger partial charge in [-0.2, -0.15) is 13.2 Å². The first kappa shape index (κ1) is 16.5. The van der Waals surface area contributed by atoms with Crippen LogP contribution in [-0.4, -0.2) is 33.7 Å². The molecule has 1 aromatic carbocycles. The van der Waals surface area contributed by atoms with Crippen molar-refractivity contribution in [2.24, 2.45) is 0 Å². The lowest BCUT2D eigenvalue weighted by atomic mass is 10.1. The third-order valence-electron chi connectivity index (χ3n) is 4.37. The fourth-order valence-corrected chi connectivity index (χ4v) is 3.17. The second-order valence-corrected chi connectivity index (χ2v) is 5.99. The Hall–Kier alpha value is -2.38. The van der Waals surface area contributed by atoms with Crippen LogP contribution in [0.15, 0.2) is 24.3 Å². The maximum absolute atomic E-state index is 12.8. The van der Waals surface area contributed by atoms with E-state index in [1.807, 2.05) is 0 Å². The number of nitrogens with zero attached hydrogens (tertiary/aromatic N) is 2. The van der Waals surface area contributed by atoms with Crippen molar-refractivity contribution < 1.29 is 27.6 Å². The predicted octanol–water partition coefficient (Wildman–Crippen LogP) is 2.94. The van der Waals surface area contributed by atoms with Crippen LogP contribution in [0.5, 0.6) is 0 Å². The van der Waals surface area contributed by atoms with Gasteiger partial charge in [0, 0.05) is 6.04 Å². The molecule has 1 heterocycles. The van der Waals surface area contributed by atoms with E-state index in [-0.39, 0.29) is 18.2 Å². The molecule has 5 nitrogen and oxygen atoms in total. The maximum atomic E-state index is 12.8. The van der Waals surface area contributed by atoms with Crippen molar-refractivity contribution in [3.05, 3.63) is 35.4 Å². The van der Waals surface area contributed by atoms with Crippen LogP contribution < -0.4 is 0 Å². The zero-order chi connectivity index (χ0) is 17.5. The molecule has 1 saturated heterocycles. The van der Waals surface area contributed by atoms with E-state index < -0.39 is 29.6 Å². The lowest BCUT2D eigenvalue weighted by molar-refractivity contribution is -0.144. The number of urea groups is 1. The van der Waals surface area contributed by atoms with E-state index in [9.17, 15) is 27.6 Å². The first-order valence-corrected chi connectivity index (χ1v) is 7.64. The Morgan fingerprint density at radius 1 is 1.04 bits per heavy atom. The number of imide groups is 2. The third-order valence-corrected chi connectivity index (χ3v) is 4.37. The van der Waals surface area contributed by atoms with Crippen molar-refractivity contribution in [3.63, 3.8) is 0 Å². The van der Waals surface area contributed by atoms with Gasteiger partial charge in [-0.25, -0.2) is 4.79 Å². The molecule has 1 aliphatic heterocycles. The lowest BCUT2D eigenvalue weighted by Gasteiger charge is -2.21. The van der Waals surface area contributed by atoms with Crippen LogP contribution in [0.4, 0.5) is 18.0 Å². The number of benzene rings is 1. The smallest absolute Gasteiger partial charge is 0.263 e. The molecule has 2 fully saturated rings. The van der Waals surface area contributed by atoms with Crippen molar-refractivity contribution in [2.45, 2.75) is 44.4 Å². The molecule has 2 aliphatic rings. The Kier molecular flexibility index (Phi) is 4.06. The van der Waals surface area contributed by atoms with Crippen LogP contribution >= 0.6 is 0 Å². The Morgan fingerprint density at radius 2 is 1.71 bits per heavy atom. The summed E-state index contributed by atoms with van der Waals surface area (Å²) in [5.74, 6) is -1.87. The van der Waals surface area contributed by atoms with Crippen LogP contribution in [0.25, 0.3) is 0 Å². The molecular formula is C16H15F3N2O3. The van der Waals surface area contributed by atoms with Gasteiger partial charge in [0.25, 0.3) is 0 Å². The summed E-state index contributed by atoms with van der Waals surface area (Å²) in [4.78, 5) is 38.2. The van der Waals surface area contributed by atoms with Gasteiger partial charge in [-0.1, -0.05) is 25.0 Å². The molecule has 1 aliphatic carbocycles. The topological polar surface area (TPSA) is 57.7 Å². The highest BCUT2D eigenvalue weighted by Crippen LogP contribution is 2.31. The zero-order valence-corrected chi connectivity index (χ0v) is 12.7. The maximum Gasteiger partial charge on any atom is 0.416 e. The van der Waals surface area contributed by atoms with Crippen LogP contribution in [0, 0.1) is 0 Å². The van der Waals surface area contributed by atoms with E-state index in [2.05, 4.69) is 0 Å². The second kappa shape index (κ2) is 5.92. The molecule has 0 N–H and O–H groups in total. The minimum Gasteiger partial charge on any atom is -0.263 e. The molecule has 0 spiro atoms. The quantitative estimate of drug-likeness (QED) is 0.628. The molecule has 0 radical (unpaired) electrons. The van der Waals surface area contributed by atoms with Gasteiger partial charge in [-0.05, 0) is 30.5 Å². The first-order chi connectivity index (χ1) is 11.3. The van der Waals surface area contributed by atoms with Crippen molar-refractivity contribution in [3.8, 4) is 0 Å². The van der Waals surface area contributed by atoms with E-state index in [1.165, 1.54) is 12.1 Å². The number of alkyl halides is 3. The molecule has 0 aromatic heterocycles. The molecule has 4 amide bonds. The standard InChI is InChI=1S/C16H15F3N2O3/c17-16(18,19)11-5-3-4-10(8-11)9-20-13(22)14(23)21(15(20)24)12-6-1-2-7-12/h3-5,8,12H,1-2,6-7,9H2. The number of hydrogen-bond acceptors (Lipinski definition) is 3. The highest BCUT2D eigenvalue weighted by molar-refractivity contribution is 6.44. The summed E-state index contributed by atoms with van der Waals surface area (Å²) in [6.45, 7) is -0.351. The summed E-state index contributed by atoms with van der Waals surface area (Å²) >= 11 is 0. The largest absolute Gasteiger partial charge is 0.416 e. The summed E-state index contributed by atoms with van der Waals surface area (Å²) in [6, 6.07) is 3.35. The van der Waals surface area contributed by atoms with Crippen LogP contribution in [0.2, 0.25) is 0 Å². The highest BCUT2D eigenvalue weighted by atomic mass is 19.4. The number of amides is 4. The van der Waals surface area contributed by atoms with Crippen LogP contribution in [-0.2, 0) is 22.3 Å². The molecule has 8 heteroatoms. The van der Waals surface area contributed by atoms with Crippen molar-refractivity contribution >= 4 is 17.8 Å². The molecule has 1 saturated carbocycles. The van der Waals surface area contributed by atoms with Gasteiger partial charge in [0.2, 0.25) is 0 Å². The fourth-order valence-electron chi connectivity index (χ4n) is 3.17. The lowest BCUT2D eigenvalue weighted by Crippen LogP contribution is -2.39. The minimum atomic E-state index is -4.51. The molecular weight excluding hydrogens is 325 g/mol. The van der Waals surface area contributed by atoms with Crippen LogP contribution in [0.3, 0.4) is 0 Å². The summed E-state index contributed by atoms with van der Waals surface area (Å²) in [6.07, 6.45) is -1.45. The number of carbonyl (C=O) groups excluding carboxylic acids is 3. The Balaban J connectivity index is 1.81. The molecule has 128 valence electrons. The predicted molar refractivity (Wildman–Crippen MR) is 76.5 cm³/mol. The van der Waals surface area contributed by atoms with Gasteiger partial charge in [0.05, 0.1) is 12.1 Å². The number of rotatable bonds is 3. The third kappa shape index (κ3) is 2.88. The highest BCUT2D eigenvalue weighted by Gasteiger charge is 2.48. The second-order valence-electron chi connectivity index (χ2n) is 5.99. The fraction of sp³-hybridized carbons (Fsp3) is 0.438. The SMILES string of the molecule is O=C1C(=O)N(C2CCCC2)C(=O)N1Cc1cccc(C(F)(F)F)c1. The number of halogens is 3. The average Bonchev–Trinajstić information content (AvgIpc) is 3.11. The summed E-state index contributed by atoms with van der Waals surface area (Å²) in [5.41, 5.74) is -0.717. The monoisotopic (exact) mass is 340 g/mol. The van der Waals surface area contributed by atoms with E-state index in [0.717, 1.165) is 34.8 Å². The Labute approximate surface area is 136 Å². The Morgan fingerprint density at radius 3 is 2.33 bits per heavy atom. The molecule has 0 atom stereocenters. The van der Waals surface area contributed by atoms with Gasteiger partial charge in [0.1, 0.15) is 0 Å². The summed E-state index contributed by atoms with van der Waals surface area (Å²) in [5, 5.41) is 0. The van der Waals surface area contributed by atoms with Gasteiger partial charge in [-0.3, -0.25) is 19.4 Å². The molecule has 3 rings (SSSR count). The van der Waals surface area contributed by atoms with E-state index in [4.69, 9.17) is 0 Å². The van der Waals surface area contributed by atoms with E-state index >= 15 is 0 Å². The normalized spacial score (nSPS) is 19.7. The van der Waals surface area contributed by atoms with Crippen molar-refractivity contribution in [1.29, 1.82) is 0 Å². The van der Waals surface area contributed by atoms with Crippen LogP contribution in [0.1, 0.15) is 36.8 Å². The van der Waals surface area contributed by atoms with Gasteiger partial charge in [0.15, 0.2) is 0 Å². The summed E-state index contributed by atoms with van der Waals surface area (Å²) in [7, 11) is 0. The van der Waals surface area contributed by atoms with E-state index in [1.54, 1.807) is 0 Å². The number of carbonyl (C=O) groups is 3. The van der Waals surface area contributed by atoms with Gasteiger partial charge >= 0.3 is 24.0 Å². The molecule has 1 aromatic rings. The minimum absolute atomic E-state index is 0.146. The van der Waals surface area contributed by atoms with Crippen molar-refractivity contribution in [2.75, 3.05) is 0 Å². The van der Waals surface area contributed by atoms with Gasteiger partial charge in [-0.15, -0.1) is 0 Å². The summed E-state index contributed by atoms with van der Waals surface area (Å²) < 4.78 is 38.3. The van der Waals surface area contributed by atoms with Gasteiger partial charge < -0.3 is 0 Å². The molecule has 24 heavy (non-hydrogen) atoms. The number of hydrogen-bond donors (Lipinski definition) is 0. The molecule has 0 unspecified atom stereocenters.